The quantitative estimate of drug-likeness (QED) is 0.679. The van der Waals surface area contributed by atoms with E-state index in [4.69, 9.17) is 9.26 Å². The number of para-hydroxylation sites is 3. The van der Waals surface area contributed by atoms with Gasteiger partial charge in [-0.05, 0) is 37.1 Å². The van der Waals surface area contributed by atoms with Crippen molar-refractivity contribution in [1.29, 1.82) is 0 Å². The first-order valence-electron chi connectivity index (χ1n) is 9.46. The van der Waals surface area contributed by atoms with E-state index in [9.17, 15) is 5.11 Å². The van der Waals surface area contributed by atoms with E-state index in [0.717, 1.165) is 42.9 Å². The summed E-state index contributed by atoms with van der Waals surface area (Å²) in [5.41, 5.74) is 2.93. The Bertz CT molecular complexity index is 919. The molecule has 1 aliphatic rings. The number of benzene rings is 2. The zero-order chi connectivity index (χ0) is 19.3. The van der Waals surface area contributed by atoms with Gasteiger partial charge in [0.2, 0.25) is 11.7 Å². The van der Waals surface area contributed by atoms with Crippen molar-refractivity contribution in [3.8, 4) is 17.1 Å². The lowest BCUT2D eigenvalue weighted by atomic mass is 10.1. The summed E-state index contributed by atoms with van der Waals surface area (Å²) in [4.78, 5) is 6.78. The highest BCUT2D eigenvalue weighted by atomic mass is 16.5. The standard InChI is InChI=1S/C21H24N4O3/c1-27-19-9-5-2-6-16(19)21-23-20(28-24-21)14-22-17-7-3-4-8-18(17)25-12-10-15(26)11-13-25/h2-9,15,22,26H,10-14H2,1H3. The third kappa shape index (κ3) is 3.94. The van der Waals surface area contributed by atoms with Gasteiger partial charge in [-0.15, -0.1) is 0 Å². The molecule has 2 heterocycles. The Balaban J connectivity index is 1.47. The number of anilines is 2. The molecule has 0 saturated carbocycles. The lowest BCUT2D eigenvalue weighted by Gasteiger charge is -2.32. The average Bonchev–Trinajstić information content (AvgIpc) is 3.22. The van der Waals surface area contributed by atoms with Gasteiger partial charge >= 0.3 is 0 Å². The van der Waals surface area contributed by atoms with Crippen LogP contribution >= 0.6 is 0 Å². The first-order valence-corrected chi connectivity index (χ1v) is 9.46. The van der Waals surface area contributed by atoms with E-state index in [1.165, 1.54) is 0 Å². The van der Waals surface area contributed by atoms with E-state index < -0.39 is 0 Å². The van der Waals surface area contributed by atoms with Crippen molar-refractivity contribution in [2.24, 2.45) is 0 Å². The molecule has 0 amide bonds. The van der Waals surface area contributed by atoms with Crippen LogP contribution in [0.15, 0.2) is 53.1 Å². The topological polar surface area (TPSA) is 83.7 Å². The zero-order valence-corrected chi connectivity index (χ0v) is 15.8. The van der Waals surface area contributed by atoms with E-state index in [-0.39, 0.29) is 6.10 Å². The molecule has 0 aliphatic carbocycles. The second-order valence-electron chi connectivity index (χ2n) is 6.80. The van der Waals surface area contributed by atoms with Crippen LogP contribution in [0.4, 0.5) is 11.4 Å². The van der Waals surface area contributed by atoms with Gasteiger partial charge < -0.3 is 24.6 Å². The Morgan fingerprint density at radius 2 is 1.89 bits per heavy atom. The van der Waals surface area contributed by atoms with Gasteiger partial charge in [0, 0.05) is 13.1 Å². The van der Waals surface area contributed by atoms with Crippen LogP contribution < -0.4 is 15.0 Å². The maximum atomic E-state index is 9.75. The number of nitrogens with one attached hydrogen (secondary N) is 1. The lowest BCUT2D eigenvalue weighted by molar-refractivity contribution is 0.145. The number of methoxy groups -OCH3 is 1. The Kier molecular flexibility index (Phi) is 5.43. The second-order valence-corrected chi connectivity index (χ2v) is 6.80. The Hall–Kier alpha value is -3.06. The minimum atomic E-state index is -0.192. The van der Waals surface area contributed by atoms with Crippen LogP contribution in [0.5, 0.6) is 5.75 Å². The first-order chi connectivity index (χ1) is 13.7. The average molecular weight is 380 g/mol. The number of hydrogen-bond donors (Lipinski definition) is 2. The number of ether oxygens (including phenoxy) is 1. The summed E-state index contributed by atoms with van der Waals surface area (Å²) in [5.74, 6) is 1.72. The molecule has 4 rings (SSSR count). The van der Waals surface area contributed by atoms with Crippen molar-refractivity contribution in [2.45, 2.75) is 25.5 Å². The van der Waals surface area contributed by atoms with Crippen molar-refractivity contribution < 1.29 is 14.4 Å². The Labute approximate surface area is 163 Å². The van der Waals surface area contributed by atoms with Crippen LogP contribution in [0.25, 0.3) is 11.4 Å². The zero-order valence-electron chi connectivity index (χ0n) is 15.8. The number of hydrogen-bond acceptors (Lipinski definition) is 7. The van der Waals surface area contributed by atoms with Gasteiger partial charge in [-0.3, -0.25) is 0 Å². The normalized spacial score (nSPS) is 14.9. The molecule has 2 aromatic carbocycles. The molecule has 3 aromatic rings. The molecule has 0 spiro atoms. The summed E-state index contributed by atoms with van der Waals surface area (Å²) >= 11 is 0. The molecule has 0 atom stereocenters. The van der Waals surface area contributed by atoms with Crippen molar-refractivity contribution in [1.82, 2.24) is 10.1 Å². The third-order valence-electron chi connectivity index (χ3n) is 4.96. The van der Waals surface area contributed by atoms with Crippen LogP contribution in [-0.2, 0) is 6.54 Å². The van der Waals surface area contributed by atoms with E-state index in [0.29, 0.717) is 24.0 Å². The number of nitrogens with zero attached hydrogens (tertiary/aromatic N) is 3. The lowest BCUT2D eigenvalue weighted by Crippen LogP contribution is -2.36. The van der Waals surface area contributed by atoms with E-state index in [1.807, 2.05) is 42.5 Å². The van der Waals surface area contributed by atoms with Crippen molar-refractivity contribution in [3.05, 3.63) is 54.4 Å². The van der Waals surface area contributed by atoms with Crippen molar-refractivity contribution in [2.75, 3.05) is 30.4 Å². The van der Waals surface area contributed by atoms with Gasteiger partial charge in [0.15, 0.2) is 0 Å². The highest BCUT2D eigenvalue weighted by Gasteiger charge is 2.19. The molecular weight excluding hydrogens is 356 g/mol. The molecule has 1 aromatic heterocycles. The predicted molar refractivity (Wildman–Crippen MR) is 108 cm³/mol. The summed E-state index contributed by atoms with van der Waals surface area (Å²) in [6.07, 6.45) is 1.39. The van der Waals surface area contributed by atoms with Gasteiger partial charge in [-0.1, -0.05) is 29.4 Å². The first kappa shape index (κ1) is 18.3. The molecule has 146 valence electrons. The maximum Gasteiger partial charge on any atom is 0.246 e. The molecule has 0 bridgehead atoms. The minimum Gasteiger partial charge on any atom is -0.496 e. The fourth-order valence-corrected chi connectivity index (χ4v) is 3.44. The number of aliphatic hydroxyl groups excluding tert-OH is 1. The molecule has 2 N–H and O–H groups in total. The largest absolute Gasteiger partial charge is 0.496 e. The Morgan fingerprint density at radius 3 is 2.71 bits per heavy atom. The van der Waals surface area contributed by atoms with Crippen LogP contribution in [0.3, 0.4) is 0 Å². The van der Waals surface area contributed by atoms with E-state index >= 15 is 0 Å². The summed E-state index contributed by atoms with van der Waals surface area (Å²) in [6.45, 7) is 2.12. The van der Waals surface area contributed by atoms with Gasteiger partial charge in [-0.25, -0.2) is 0 Å². The monoisotopic (exact) mass is 380 g/mol. The molecule has 28 heavy (non-hydrogen) atoms. The van der Waals surface area contributed by atoms with Crippen LogP contribution in [0.2, 0.25) is 0 Å². The number of rotatable bonds is 6. The van der Waals surface area contributed by atoms with Crippen molar-refractivity contribution in [3.63, 3.8) is 0 Å². The van der Waals surface area contributed by atoms with E-state index in [2.05, 4.69) is 26.4 Å². The molecule has 7 heteroatoms. The van der Waals surface area contributed by atoms with Gasteiger partial charge in [0.1, 0.15) is 5.75 Å². The number of aromatic nitrogens is 2. The molecule has 1 saturated heterocycles. The fourth-order valence-electron chi connectivity index (χ4n) is 3.44. The van der Waals surface area contributed by atoms with E-state index in [1.54, 1.807) is 7.11 Å². The third-order valence-corrected chi connectivity index (χ3v) is 4.96. The fraction of sp³-hybridized carbons (Fsp3) is 0.333. The van der Waals surface area contributed by atoms with Crippen LogP contribution in [-0.4, -0.2) is 41.6 Å². The highest BCUT2D eigenvalue weighted by Crippen LogP contribution is 2.30. The molecule has 1 fully saturated rings. The SMILES string of the molecule is COc1ccccc1-c1noc(CNc2ccccc2N2CCC(O)CC2)n1. The van der Waals surface area contributed by atoms with Gasteiger partial charge in [0.25, 0.3) is 0 Å². The summed E-state index contributed by atoms with van der Waals surface area (Å²) < 4.78 is 10.8. The predicted octanol–water partition coefficient (Wildman–Crippen LogP) is 3.32. The molecule has 0 unspecified atom stereocenters. The Morgan fingerprint density at radius 1 is 1.14 bits per heavy atom. The molecule has 7 nitrogen and oxygen atoms in total. The number of piperidine rings is 1. The molecule has 0 radical (unpaired) electrons. The minimum absolute atomic E-state index is 0.192. The van der Waals surface area contributed by atoms with Crippen molar-refractivity contribution >= 4 is 11.4 Å². The van der Waals surface area contributed by atoms with Crippen LogP contribution in [0, 0.1) is 0 Å². The van der Waals surface area contributed by atoms with Crippen LogP contribution in [0.1, 0.15) is 18.7 Å². The summed E-state index contributed by atoms with van der Waals surface area (Å²) in [5, 5.41) is 17.2. The number of aliphatic hydroxyl groups is 1. The smallest absolute Gasteiger partial charge is 0.246 e. The van der Waals surface area contributed by atoms with Gasteiger partial charge in [-0.2, -0.15) is 4.98 Å². The summed E-state index contributed by atoms with van der Waals surface area (Å²) in [6, 6.07) is 15.7. The summed E-state index contributed by atoms with van der Waals surface area (Å²) in [7, 11) is 1.62. The second kappa shape index (κ2) is 8.31. The maximum absolute atomic E-state index is 9.75. The molecular formula is C21H24N4O3. The molecule has 1 aliphatic heterocycles. The van der Waals surface area contributed by atoms with Gasteiger partial charge in [0.05, 0.1) is 36.7 Å². The highest BCUT2D eigenvalue weighted by molar-refractivity contribution is 5.70.